The van der Waals surface area contributed by atoms with Crippen molar-refractivity contribution in [2.75, 3.05) is 6.54 Å². The van der Waals surface area contributed by atoms with E-state index in [1.165, 1.54) is 16.7 Å². The maximum Gasteiger partial charge on any atom is 0.269 e. The fraction of sp³-hybridized carbons (Fsp3) is 0.167. The van der Waals surface area contributed by atoms with Crippen LogP contribution >= 0.6 is 11.3 Å². The lowest BCUT2D eigenvalue weighted by Crippen LogP contribution is -2.34. The van der Waals surface area contributed by atoms with Gasteiger partial charge in [-0.15, -0.1) is 17.8 Å². The number of carbonyl (C=O) groups excluding carboxylic acids is 1. The van der Waals surface area contributed by atoms with Crippen LogP contribution < -0.4 is 20.1 Å². The van der Waals surface area contributed by atoms with E-state index in [9.17, 15) is 20.0 Å². The van der Waals surface area contributed by atoms with Gasteiger partial charge >= 0.3 is 0 Å². The van der Waals surface area contributed by atoms with Gasteiger partial charge in [0.15, 0.2) is 5.57 Å². The Bertz CT molecular complexity index is 1050. The molecule has 0 saturated carbocycles. The fourth-order valence-electron chi connectivity index (χ4n) is 2.13. The number of terminal acetylenes is 1. The van der Waals surface area contributed by atoms with E-state index in [0.29, 0.717) is 11.1 Å². The van der Waals surface area contributed by atoms with Gasteiger partial charge in [-0.05, 0) is 30.7 Å². The summed E-state index contributed by atoms with van der Waals surface area (Å²) >= 11 is 1.06. The minimum Gasteiger partial charge on any atom is -0.508 e. The molecule has 2 N–H and O–H groups in total. The largest absolute Gasteiger partial charge is 0.508 e. The third kappa shape index (κ3) is 3.97. The van der Waals surface area contributed by atoms with Crippen LogP contribution in [0.2, 0.25) is 0 Å². The molecule has 0 unspecified atom stereocenters. The first-order valence-corrected chi connectivity index (χ1v) is 8.20. The number of phenols is 1. The number of benzene rings is 1. The van der Waals surface area contributed by atoms with E-state index >= 15 is 0 Å². The van der Waals surface area contributed by atoms with Crippen molar-refractivity contribution in [2.24, 2.45) is 0 Å². The molecule has 0 saturated heterocycles. The molecule has 7 heteroatoms. The second kappa shape index (κ2) is 8.00. The van der Waals surface area contributed by atoms with Gasteiger partial charge in [-0.1, -0.05) is 18.1 Å². The molecule has 0 atom stereocenters. The molecule has 6 nitrogen and oxygen atoms in total. The quantitative estimate of drug-likeness (QED) is 0.750. The third-order valence-electron chi connectivity index (χ3n) is 3.32. The summed E-state index contributed by atoms with van der Waals surface area (Å²) in [7, 11) is 0. The zero-order valence-corrected chi connectivity index (χ0v) is 14.3. The van der Waals surface area contributed by atoms with E-state index in [1.54, 1.807) is 25.1 Å². The second-order valence-electron chi connectivity index (χ2n) is 4.93. The van der Waals surface area contributed by atoms with Gasteiger partial charge in [-0.3, -0.25) is 14.2 Å². The molecule has 2 aromatic rings. The van der Waals surface area contributed by atoms with Crippen molar-refractivity contribution in [2.45, 2.75) is 13.5 Å². The van der Waals surface area contributed by atoms with Gasteiger partial charge in [0.05, 0.1) is 11.1 Å². The van der Waals surface area contributed by atoms with Crippen LogP contribution in [0.15, 0.2) is 29.1 Å². The number of hydrogen-bond donors (Lipinski definition) is 2. The number of amides is 1. The SMILES string of the molecule is C#CCNC(=O)C(C#N)=c1sc(=Cc2ccc(O)cc2)c(=O)n1CC. The Morgan fingerprint density at radius 1 is 1.44 bits per heavy atom. The van der Waals surface area contributed by atoms with E-state index in [0.717, 1.165) is 16.9 Å². The summed E-state index contributed by atoms with van der Waals surface area (Å²) in [5, 5.41) is 21.1. The van der Waals surface area contributed by atoms with E-state index in [-0.39, 0.29) is 28.1 Å². The molecule has 0 bridgehead atoms. The Morgan fingerprint density at radius 3 is 2.68 bits per heavy atom. The number of thiazole rings is 1. The van der Waals surface area contributed by atoms with Gasteiger partial charge in [0.1, 0.15) is 16.5 Å². The molecule has 0 radical (unpaired) electrons. The van der Waals surface area contributed by atoms with Crippen LogP contribution in [0, 0.1) is 23.7 Å². The van der Waals surface area contributed by atoms with Crippen LogP contribution in [0.25, 0.3) is 11.6 Å². The van der Waals surface area contributed by atoms with Gasteiger partial charge in [-0.25, -0.2) is 0 Å². The highest BCUT2D eigenvalue weighted by Crippen LogP contribution is 2.09. The van der Waals surface area contributed by atoms with Gasteiger partial charge in [-0.2, -0.15) is 5.26 Å². The molecule has 1 amide bonds. The lowest BCUT2D eigenvalue weighted by Gasteiger charge is -2.00. The average molecular weight is 353 g/mol. The summed E-state index contributed by atoms with van der Waals surface area (Å²) in [6.07, 6.45) is 6.75. The third-order valence-corrected chi connectivity index (χ3v) is 4.45. The van der Waals surface area contributed by atoms with Crippen molar-refractivity contribution in [3.63, 3.8) is 0 Å². The predicted octanol–water partition coefficient (Wildman–Crippen LogP) is -0.112. The molecule has 0 aliphatic rings. The molecule has 1 heterocycles. The maximum atomic E-state index is 12.6. The standard InChI is InChI=1S/C18H15N3O3S/c1-3-9-20-16(23)14(11-19)18-21(4-2)17(24)15(25-18)10-12-5-7-13(22)8-6-12/h1,5-8,10,22H,4,9H2,2H3,(H,20,23). The van der Waals surface area contributed by atoms with Crippen LogP contribution in [0.4, 0.5) is 0 Å². The smallest absolute Gasteiger partial charge is 0.269 e. The van der Waals surface area contributed by atoms with Gasteiger partial charge in [0.25, 0.3) is 11.5 Å². The molecule has 1 aromatic heterocycles. The number of hydrogen-bond acceptors (Lipinski definition) is 5. The highest BCUT2D eigenvalue weighted by atomic mass is 32.1. The Hall–Kier alpha value is -3.29. The molecule has 0 aliphatic carbocycles. The van der Waals surface area contributed by atoms with Crippen molar-refractivity contribution in [3.05, 3.63) is 49.4 Å². The van der Waals surface area contributed by atoms with E-state index in [4.69, 9.17) is 6.42 Å². The fourth-order valence-corrected chi connectivity index (χ4v) is 3.29. The normalized spacial score (nSPS) is 12.2. The summed E-state index contributed by atoms with van der Waals surface area (Å²) in [5.74, 6) is 1.78. The maximum absolute atomic E-state index is 12.6. The average Bonchev–Trinajstić information content (AvgIpc) is 2.91. The number of phenolic OH excluding ortho intramolecular Hbond substituents is 1. The number of nitrogens with one attached hydrogen (secondary N) is 1. The van der Waals surface area contributed by atoms with Gasteiger partial charge in [0, 0.05) is 6.54 Å². The van der Waals surface area contributed by atoms with Gasteiger partial charge in [0.2, 0.25) is 0 Å². The lowest BCUT2D eigenvalue weighted by molar-refractivity contribution is -0.115. The van der Waals surface area contributed by atoms with E-state index in [1.807, 2.05) is 6.07 Å². The highest BCUT2D eigenvalue weighted by Gasteiger charge is 2.14. The number of nitriles is 1. The van der Waals surface area contributed by atoms with Crippen LogP contribution in [0.5, 0.6) is 5.75 Å². The Labute approximate surface area is 148 Å². The summed E-state index contributed by atoms with van der Waals surface area (Å²) in [4.78, 5) is 24.7. The predicted molar refractivity (Wildman–Crippen MR) is 96.0 cm³/mol. The number of carbonyl (C=O) groups is 1. The summed E-state index contributed by atoms with van der Waals surface area (Å²) in [5.41, 5.74) is 0.291. The number of nitrogens with zero attached hydrogens (tertiary/aromatic N) is 2. The Morgan fingerprint density at radius 2 is 2.12 bits per heavy atom. The molecular weight excluding hydrogens is 338 g/mol. The molecule has 0 aliphatic heterocycles. The molecule has 0 fully saturated rings. The van der Waals surface area contributed by atoms with Crippen molar-refractivity contribution < 1.29 is 9.90 Å². The first kappa shape index (κ1) is 18.1. The summed E-state index contributed by atoms with van der Waals surface area (Å²) in [6, 6.07) is 8.21. The molecule has 2 rings (SSSR count). The van der Waals surface area contributed by atoms with Crippen LogP contribution in [-0.4, -0.2) is 22.1 Å². The lowest BCUT2D eigenvalue weighted by atomic mass is 10.2. The van der Waals surface area contributed by atoms with Crippen LogP contribution in [0.1, 0.15) is 12.5 Å². The number of rotatable bonds is 4. The first-order valence-electron chi connectivity index (χ1n) is 7.38. The summed E-state index contributed by atoms with van der Waals surface area (Å²) < 4.78 is 2.06. The second-order valence-corrected chi connectivity index (χ2v) is 5.96. The minimum absolute atomic E-state index is 0.00175. The molecule has 0 spiro atoms. The molecule has 1 aromatic carbocycles. The van der Waals surface area contributed by atoms with Crippen molar-refractivity contribution in [1.29, 1.82) is 5.26 Å². The number of aromatic nitrogens is 1. The van der Waals surface area contributed by atoms with Crippen molar-refractivity contribution >= 4 is 28.9 Å². The monoisotopic (exact) mass is 353 g/mol. The van der Waals surface area contributed by atoms with Crippen LogP contribution in [-0.2, 0) is 11.3 Å². The molecule has 25 heavy (non-hydrogen) atoms. The van der Waals surface area contributed by atoms with Crippen molar-refractivity contribution in [1.82, 2.24) is 9.88 Å². The van der Waals surface area contributed by atoms with E-state index < -0.39 is 5.91 Å². The Balaban J connectivity index is 2.69. The topological polar surface area (TPSA) is 95.1 Å². The highest BCUT2D eigenvalue weighted by molar-refractivity contribution is 7.07. The zero-order valence-electron chi connectivity index (χ0n) is 13.4. The van der Waals surface area contributed by atoms with Gasteiger partial charge < -0.3 is 10.4 Å². The van der Waals surface area contributed by atoms with Crippen LogP contribution in [0.3, 0.4) is 0 Å². The zero-order chi connectivity index (χ0) is 18.4. The summed E-state index contributed by atoms with van der Waals surface area (Å²) in [6.45, 7) is 2.08. The van der Waals surface area contributed by atoms with Crippen molar-refractivity contribution in [3.8, 4) is 24.2 Å². The first-order chi connectivity index (χ1) is 12.0. The molecule has 126 valence electrons. The molecular formula is C18H15N3O3S. The van der Waals surface area contributed by atoms with E-state index in [2.05, 4.69) is 11.2 Å². The Kier molecular flexibility index (Phi) is 5.78. The minimum atomic E-state index is -0.611. The number of aromatic hydroxyl groups is 1.